The molecule has 65 heavy (non-hydrogen) atoms. The number of fused-ring (bicyclic) bond motifs is 14. The Morgan fingerprint density at radius 2 is 0.754 bits per heavy atom. The van der Waals surface area contributed by atoms with E-state index in [1.165, 1.54) is 77.9 Å². The molecule has 0 N–H and O–H groups in total. The van der Waals surface area contributed by atoms with Crippen molar-refractivity contribution in [3.63, 3.8) is 0 Å². The van der Waals surface area contributed by atoms with Gasteiger partial charge in [-0.15, -0.1) is 0 Å². The molecule has 1 spiro atoms. The second-order valence-electron chi connectivity index (χ2n) is 17.2. The molecule has 0 atom stereocenters. The normalized spacial score (nSPS) is 13.3. The first-order valence-corrected chi connectivity index (χ1v) is 22.5. The second kappa shape index (κ2) is 14.8. The van der Waals surface area contributed by atoms with Crippen molar-refractivity contribution in [1.29, 1.82) is 0 Å². The molecule has 0 unspecified atom stereocenters. The van der Waals surface area contributed by atoms with Crippen LogP contribution in [-0.2, 0) is 5.41 Å². The first-order valence-electron chi connectivity index (χ1n) is 22.5. The second-order valence-corrected chi connectivity index (χ2v) is 17.2. The lowest BCUT2D eigenvalue weighted by Gasteiger charge is -2.35. The van der Waals surface area contributed by atoms with Gasteiger partial charge in [-0.25, -0.2) is 0 Å². The highest BCUT2D eigenvalue weighted by molar-refractivity contribution is 6.04. The first-order chi connectivity index (χ1) is 32.3. The van der Waals surface area contributed by atoms with Gasteiger partial charge >= 0.3 is 0 Å². The average molecular weight is 827 g/mol. The Bertz CT molecular complexity index is 3440. The fourth-order valence-corrected chi connectivity index (χ4v) is 11.1. The van der Waals surface area contributed by atoms with E-state index in [2.05, 4.69) is 265 Å². The van der Waals surface area contributed by atoms with E-state index in [-0.39, 0.29) is 0 Å². The molecule has 10 aromatic rings. The van der Waals surface area contributed by atoms with Crippen LogP contribution in [0.1, 0.15) is 33.4 Å². The molecule has 0 aromatic heterocycles. The third-order valence-electron chi connectivity index (χ3n) is 13.8. The number of hydrogen-bond acceptors (Lipinski definition) is 2. The van der Waals surface area contributed by atoms with Crippen LogP contribution < -0.4 is 9.80 Å². The Balaban J connectivity index is 1.05. The van der Waals surface area contributed by atoms with E-state index >= 15 is 0 Å². The lowest BCUT2D eigenvalue weighted by Crippen LogP contribution is -2.29. The van der Waals surface area contributed by atoms with E-state index in [9.17, 15) is 0 Å². The molecule has 2 heteroatoms. The van der Waals surface area contributed by atoms with E-state index in [4.69, 9.17) is 0 Å². The van der Waals surface area contributed by atoms with E-state index < -0.39 is 5.41 Å². The van der Waals surface area contributed by atoms with E-state index in [0.717, 1.165) is 34.1 Å². The summed E-state index contributed by atoms with van der Waals surface area (Å²) in [5.74, 6) is 0. The summed E-state index contributed by atoms with van der Waals surface area (Å²) in [5.41, 5.74) is 23.7. The summed E-state index contributed by atoms with van der Waals surface area (Å²) in [5, 5.41) is 0. The Morgan fingerprint density at radius 1 is 0.292 bits per heavy atom. The predicted octanol–water partition coefficient (Wildman–Crippen LogP) is 16.8. The summed E-state index contributed by atoms with van der Waals surface area (Å²) in [7, 11) is 0. The number of nitrogens with zero attached hydrogens (tertiary/aromatic N) is 2. The minimum absolute atomic E-state index is 0.491. The fourth-order valence-electron chi connectivity index (χ4n) is 11.1. The largest absolute Gasteiger partial charge is 0.310 e. The van der Waals surface area contributed by atoms with Crippen LogP contribution >= 0.6 is 0 Å². The van der Waals surface area contributed by atoms with Crippen LogP contribution in [0, 0.1) is 0 Å². The molecule has 304 valence electrons. The number of anilines is 6. The van der Waals surface area contributed by atoms with Gasteiger partial charge in [-0.1, -0.05) is 194 Å². The number of para-hydroxylation sites is 3. The van der Waals surface area contributed by atoms with Gasteiger partial charge in [-0.2, -0.15) is 0 Å². The SMILES string of the molecule is C1=Cc2ccccc2C2(c3ccccc31)c1ccccc1-c1cc(N(c3ccc(-c4ccccc4)cc3)c3ccc4c(c3)-c3ccccc3N(c3ccccc3)c3ccccc3-4)ccc12. The van der Waals surface area contributed by atoms with Crippen LogP contribution in [0.25, 0.3) is 56.7 Å². The van der Waals surface area contributed by atoms with E-state index in [1.807, 2.05) is 0 Å². The predicted molar refractivity (Wildman–Crippen MR) is 272 cm³/mol. The zero-order valence-electron chi connectivity index (χ0n) is 35.6. The number of rotatable bonds is 5. The molecule has 10 aromatic carbocycles. The molecule has 2 nitrogen and oxygen atoms in total. The number of hydrogen-bond donors (Lipinski definition) is 0. The van der Waals surface area contributed by atoms with Crippen molar-refractivity contribution in [2.45, 2.75) is 5.41 Å². The maximum atomic E-state index is 2.45. The van der Waals surface area contributed by atoms with Gasteiger partial charge in [-0.3, -0.25) is 0 Å². The van der Waals surface area contributed by atoms with Gasteiger partial charge in [0, 0.05) is 33.9 Å². The summed E-state index contributed by atoms with van der Waals surface area (Å²) in [6, 6.07) is 89.5. The minimum atomic E-state index is -0.491. The molecule has 0 fully saturated rings. The molecule has 0 saturated heterocycles. The summed E-state index contributed by atoms with van der Waals surface area (Å²) in [6.45, 7) is 0. The third-order valence-corrected chi connectivity index (χ3v) is 13.8. The van der Waals surface area contributed by atoms with Crippen molar-refractivity contribution in [1.82, 2.24) is 0 Å². The Morgan fingerprint density at radius 3 is 1.42 bits per heavy atom. The van der Waals surface area contributed by atoms with Gasteiger partial charge in [0.2, 0.25) is 0 Å². The fraction of sp³-hybridized carbons (Fsp3) is 0.0159. The molecule has 2 aliphatic carbocycles. The van der Waals surface area contributed by atoms with Crippen LogP contribution in [0.4, 0.5) is 34.1 Å². The zero-order chi connectivity index (χ0) is 42.9. The summed E-state index contributed by atoms with van der Waals surface area (Å²) in [4.78, 5) is 4.87. The highest BCUT2D eigenvalue weighted by Crippen LogP contribution is 2.60. The first kappa shape index (κ1) is 37.1. The van der Waals surface area contributed by atoms with Gasteiger partial charge in [0.15, 0.2) is 0 Å². The lowest BCUT2D eigenvalue weighted by atomic mass is 9.66. The molecule has 0 amide bonds. The maximum absolute atomic E-state index is 2.45. The Kier molecular flexibility index (Phi) is 8.47. The minimum Gasteiger partial charge on any atom is -0.310 e. The molecule has 13 rings (SSSR count). The summed E-state index contributed by atoms with van der Waals surface area (Å²) in [6.07, 6.45) is 4.60. The van der Waals surface area contributed by atoms with Crippen LogP contribution in [0.15, 0.2) is 243 Å². The monoisotopic (exact) mass is 826 g/mol. The zero-order valence-corrected chi connectivity index (χ0v) is 35.6. The van der Waals surface area contributed by atoms with E-state index in [1.54, 1.807) is 0 Å². The maximum Gasteiger partial charge on any atom is 0.0725 e. The molecule has 0 bridgehead atoms. The van der Waals surface area contributed by atoms with Crippen molar-refractivity contribution in [3.8, 4) is 44.5 Å². The van der Waals surface area contributed by atoms with E-state index in [0.29, 0.717) is 0 Å². The standard InChI is InChI=1S/C63H42N2/c1-3-17-43(18-4-1)44-33-35-48(36-34-44)64(49-37-39-51-53-24-10-15-29-61(53)65(47-21-5-2-6-22-47)62-30-16-11-25-54(62)55(51)41-49)50-38-40-60-56(42-50)52-23-9-14-28-59(52)63(60)57-26-12-7-19-45(57)31-32-46-20-8-13-27-58(46)63/h1-42H. The average Bonchev–Trinajstić information content (AvgIpc) is 3.49. The van der Waals surface area contributed by atoms with Crippen LogP contribution in [0.2, 0.25) is 0 Å². The summed E-state index contributed by atoms with van der Waals surface area (Å²) >= 11 is 0. The molecule has 0 saturated carbocycles. The van der Waals surface area contributed by atoms with Crippen molar-refractivity contribution >= 4 is 46.3 Å². The quantitative estimate of drug-likeness (QED) is 0.171. The molecular formula is C63H42N2. The van der Waals surface area contributed by atoms with Crippen molar-refractivity contribution in [3.05, 3.63) is 276 Å². The molecule has 1 heterocycles. The molecule has 3 aliphatic rings. The van der Waals surface area contributed by atoms with Gasteiger partial charge in [0.05, 0.1) is 16.8 Å². The third kappa shape index (κ3) is 5.67. The van der Waals surface area contributed by atoms with Crippen molar-refractivity contribution in [2.24, 2.45) is 0 Å². The van der Waals surface area contributed by atoms with Gasteiger partial charge < -0.3 is 9.80 Å². The Hall–Kier alpha value is -8.46. The van der Waals surface area contributed by atoms with Crippen molar-refractivity contribution < 1.29 is 0 Å². The van der Waals surface area contributed by atoms with Crippen LogP contribution in [-0.4, -0.2) is 0 Å². The molecule has 0 radical (unpaired) electrons. The number of benzene rings is 10. The Labute approximate surface area is 380 Å². The molecular weight excluding hydrogens is 785 g/mol. The highest BCUT2D eigenvalue weighted by Gasteiger charge is 2.48. The van der Waals surface area contributed by atoms with Gasteiger partial charge in [-0.05, 0) is 127 Å². The lowest BCUT2D eigenvalue weighted by molar-refractivity contribution is 0.766. The summed E-state index contributed by atoms with van der Waals surface area (Å²) < 4.78 is 0. The van der Waals surface area contributed by atoms with Crippen molar-refractivity contribution in [2.75, 3.05) is 9.80 Å². The molecule has 1 aliphatic heterocycles. The highest BCUT2D eigenvalue weighted by atomic mass is 15.2. The van der Waals surface area contributed by atoms with Crippen LogP contribution in [0.3, 0.4) is 0 Å². The van der Waals surface area contributed by atoms with Gasteiger partial charge in [0.25, 0.3) is 0 Å². The van der Waals surface area contributed by atoms with Crippen LogP contribution in [0.5, 0.6) is 0 Å². The van der Waals surface area contributed by atoms with Gasteiger partial charge in [0.1, 0.15) is 0 Å². The smallest absolute Gasteiger partial charge is 0.0725 e. The topological polar surface area (TPSA) is 6.48 Å².